The molecule has 5 amide bonds. The van der Waals surface area contributed by atoms with Gasteiger partial charge in [-0.1, -0.05) is 37.5 Å². The monoisotopic (exact) mass is 1020 g/mol. The van der Waals surface area contributed by atoms with Gasteiger partial charge in [-0.2, -0.15) is 0 Å². The number of carbonyl (C=O) groups is 5. The van der Waals surface area contributed by atoms with Gasteiger partial charge in [0.25, 0.3) is 11.8 Å². The van der Waals surface area contributed by atoms with E-state index in [1.807, 2.05) is 10.6 Å². The molecule has 0 spiro atoms. The number of anilines is 2. The van der Waals surface area contributed by atoms with E-state index in [1.54, 1.807) is 48.7 Å². The van der Waals surface area contributed by atoms with Gasteiger partial charge < -0.3 is 44.4 Å². The summed E-state index contributed by atoms with van der Waals surface area (Å²) in [4.78, 5) is 72.5. The van der Waals surface area contributed by atoms with Gasteiger partial charge in [0.05, 0.1) is 33.0 Å². The minimum atomic E-state index is -0.724. The molecule has 19 nitrogen and oxygen atoms in total. The predicted molar refractivity (Wildman–Crippen MR) is 268 cm³/mol. The van der Waals surface area contributed by atoms with Gasteiger partial charge in [-0.3, -0.25) is 29.3 Å². The van der Waals surface area contributed by atoms with Gasteiger partial charge in [-0.05, 0) is 87.1 Å². The molecule has 74 heavy (non-hydrogen) atoms. The summed E-state index contributed by atoms with van der Waals surface area (Å²) in [6, 6.07) is 16.6. The molecule has 21 heteroatoms. The highest BCUT2D eigenvalue weighted by molar-refractivity contribution is 6.06. The van der Waals surface area contributed by atoms with Crippen molar-refractivity contribution in [1.29, 1.82) is 0 Å². The molecule has 0 radical (unpaired) electrons. The molecule has 0 aliphatic carbocycles. The van der Waals surface area contributed by atoms with Crippen molar-refractivity contribution in [2.45, 2.75) is 103 Å². The number of benzene rings is 3. The number of carbonyl (C=O) groups excluding carboxylic acids is 5. The van der Waals surface area contributed by atoms with Crippen LogP contribution in [0.3, 0.4) is 0 Å². The van der Waals surface area contributed by atoms with Crippen LogP contribution in [0, 0.1) is 11.6 Å². The normalized spacial score (nSPS) is 14.3. The zero-order valence-electron chi connectivity index (χ0n) is 41.5. The number of unbranched alkanes of at least 4 members (excludes halogenated alkanes) is 5. The molecule has 4 heterocycles. The Balaban J connectivity index is 0.670. The van der Waals surface area contributed by atoms with Crippen LogP contribution in [0.4, 0.5) is 20.2 Å². The molecule has 4 N–H and O–H groups in total. The second-order valence-corrected chi connectivity index (χ2v) is 17.8. The number of hydrogen-bond donors (Lipinski definition) is 4. The highest BCUT2D eigenvalue weighted by Crippen LogP contribution is 2.32. The minimum Gasteiger partial charge on any atom is -0.381 e. The smallest absolute Gasteiger partial charge is 0.255 e. The standard InChI is InChI=1S/C53H64F2N10O9/c54-42-15-10-16-43(55)40(42)33-58-51(68)37-12-8-13-38(32-37)57-34-47-62-63-50(45-21-22-56-36-59-45)64(47)23-11-27-71-24-5-1-2-6-25-72-28-30-74-31-29-73-26-7-3-4-18-48(66)60-44-17-9-14-39-41(44)35-65(53(39)70)46-19-20-49(67)61-52(46)69/h8-10,12-17,21-22,32,36,46,57H,1-7,11,18-20,23-31,33-35H2,(H,58,68)(H,60,66)(H,61,67,69). The van der Waals surface area contributed by atoms with E-state index in [4.69, 9.17) is 18.9 Å². The number of halogens is 2. The van der Waals surface area contributed by atoms with Crippen molar-refractivity contribution < 1.29 is 51.7 Å². The lowest BCUT2D eigenvalue weighted by Crippen LogP contribution is -2.52. The molecule has 2 aliphatic heterocycles. The van der Waals surface area contributed by atoms with Crippen molar-refractivity contribution in [2.75, 3.05) is 63.5 Å². The Bertz CT molecular complexity index is 2640. The summed E-state index contributed by atoms with van der Waals surface area (Å²) in [7, 11) is 0. The van der Waals surface area contributed by atoms with Crippen LogP contribution >= 0.6 is 0 Å². The summed E-state index contributed by atoms with van der Waals surface area (Å²) in [6.07, 6.45) is 10.9. The first kappa shape index (κ1) is 54.7. The van der Waals surface area contributed by atoms with E-state index in [0.29, 0.717) is 124 Å². The number of fused-ring (bicyclic) bond motifs is 1. The summed E-state index contributed by atoms with van der Waals surface area (Å²) in [5.41, 5.74) is 3.10. The van der Waals surface area contributed by atoms with E-state index in [0.717, 1.165) is 57.1 Å². The van der Waals surface area contributed by atoms with Crippen LogP contribution in [-0.2, 0) is 59.5 Å². The Hall–Kier alpha value is -7.07. The third-order valence-electron chi connectivity index (χ3n) is 12.5. The largest absolute Gasteiger partial charge is 0.381 e. The molecular formula is C53H64F2N10O9. The van der Waals surface area contributed by atoms with Gasteiger partial charge in [-0.25, -0.2) is 18.7 Å². The SMILES string of the molecule is O=C1CCC(N2Cc3c(NC(=O)CCCCCOCCOCCOCCCCCCOCCCn4c(CNc5cccc(C(=O)NCc6c(F)cccc6F)c5)nnc4-c4ccncn4)cccc3C2=O)C(=O)N1. The molecule has 2 aliphatic rings. The highest BCUT2D eigenvalue weighted by atomic mass is 19.1. The average Bonchev–Trinajstić information content (AvgIpc) is 3.97. The van der Waals surface area contributed by atoms with Crippen LogP contribution in [0.5, 0.6) is 0 Å². The molecule has 1 fully saturated rings. The first-order valence-corrected chi connectivity index (χ1v) is 25.3. The van der Waals surface area contributed by atoms with E-state index in [-0.39, 0.29) is 49.2 Å². The lowest BCUT2D eigenvalue weighted by Gasteiger charge is -2.29. The number of amides is 5. The fourth-order valence-corrected chi connectivity index (χ4v) is 8.55. The number of rotatable bonds is 32. The van der Waals surface area contributed by atoms with E-state index in [1.165, 1.54) is 17.3 Å². The maximum absolute atomic E-state index is 14.1. The summed E-state index contributed by atoms with van der Waals surface area (Å²) >= 11 is 0. The molecule has 5 aromatic rings. The van der Waals surface area contributed by atoms with Crippen molar-refractivity contribution in [2.24, 2.45) is 0 Å². The lowest BCUT2D eigenvalue weighted by molar-refractivity contribution is -0.137. The number of piperidine rings is 1. The first-order valence-electron chi connectivity index (χ1n) is 25.3. The number of imide groups is 1. The van der Waals surface area contributed by atoms with Crippen LogP contribution in [0.25, 0.3) is 11.5 Å². The zero-order valence-corrected chi connectivity index (χ0v) is 41.5. The van der Waals surface area contributed by atoms with Crippen molar-refractivity contribution in [1.82, 2.24) is 40.3 Å². The van der Waals surface area contributed by atoms with E-state index < -0.39 is 29.5 Å². The van der Waals surface area contributed by atoms with Crippen molar-refractivity contribution in [3.8, 4) is 11.5 Å². The molecule has 1 unspecified atom stereocenters. The molecule has 1 saturated heterocycles. The Morgan fingerprint density at radius 2 is 1.42 bits per heavy atom. The van der Waals surface area contributed by atoms with E-state index in [9.17, 15) is 32.8 Å². The number of ether oxygens (including phenoxy) is 4. The Labute approximate surface area is 428 Å². The van der Waals surface area contributed by atoms with Gasteiger partial charge in [0, 0.05) is 98.7 Å². The summed E-state index contributed by atoms with van der Waals surface area (Å²) < 4.78 is 53.1. The number of nitrogens with one attached hydrogen (secondary N) is 4. The molecule has 0 bridgehead atoms. The zero-order chi connectivity index (χ0) is 51.9. The van der Waals surface area contributed by atoms with Crippen LogP contribution in [0.1, 0.15) is 108 Å². The van der Waals surface area contributed by atoms with Crippen LogP contribution in [-0.4, -0.2) is 118 Å². The predicted octanol–water partition coefficient (Wildman–Crippen LogP) is 6.53. The summed E-state index contributed by atoms with van der Waals surface area (Å²) in [6.45, 7) is 5.21. The fourth-order valence-electron chi connectivity index (χ4n) is 8.55. The molecule has 394 valence electrons. The first-order chi connectivity index (χ1) is 36.2. The molecule has 3 aromatic carbocycles. The Morgan fingerprint density at radius 1 is 0.743 bits per heavy atom. The minimum absolute atomic E-state index is 0.144. The lowest BCUT2D eigenvalue weighted by atomic mass is 10.0. The quantitative estimate of drug-likeness (QED) is 0.0265. The Morgan fingerprint density at radius 3 is 2.14 bits per heavy atom. The van der Waals surface area contributed by atoms with Crippen molar-refractivity contribution in [3.63, 3.8) is 0 Å². The molecule has 7 rings (SSSR count). The van der Waals surface area contributed by atoms with Crippen molar-refractivity contribution >= 4 is 40.9 Å². The maximum atomic E-state index is 14.1. The highest BCUT2D eigenvalue weighted by Gasteiger charge is 2.40. The van der Waals surface area contributed by atoms with Gasteiger partial charge in [0.2, 0.25) is 17.7 Å². The van der Waals surface area contributed by atoms with Crippen molar-refractivity contribution in [3.05, 3.63) is 119 Å². The van der Waals surface area contributed by atoms with Crippen LogP contribution < -0.4 is 21.3 Å². The summed E-state index contributed by atoms with van der Waals surface area (Å²) in [5.74, 6) is -1.89. The molecule has 0 saturated carbocycles. The Kier molecular flexibility index (Phi) is 21.4. The van der Waals surface area contributed by atoms with Gasteiger partial charge in [0.15, 0.2) is 11.6 Å². The number of hydrogen-bond acceptors (Lipinski definition) is 14. The average molecular weight is 1020 g/mol. The van der Waals surface area contributed by atoms with Gasteiger partial charge in [-0.15, -0.1) is 10.2 Å². The molecular weight excluding hydrogens is 959 g/mol. The molecule has 1 atom stereocenters. The third-order valence-corrected chi connectivity index (χ3v) is 12.5. The van der Waals surface area contributed by atoms with E-state index >= 15 is 0 Å². The summed E-state index contributed by atoms with van der Waals surface area (Å²) in [5, 5.41) is 20.0. The second kappa shape index (κ2) is 29.0. The number of nitrogens with zero attached hydrogens (tertiary/aromatic N) is 6. The van der Waals surface area contributed by atoms with E-state index in [2.05, 4.69) is 41.4 Å². The second-order valence-electron chi connectivity index (χ2n) is 17.8. The van der Waals surface area contributed by atoms with Crippen LogP contribution in [0.2, 0.25) is 0 Å². The fraction of sp³-hybridized carbons (Fsp3) is 0.453. The topological polar surface area (TPSA) is 230 Å². The van der Waals surface area contributed by atoms with Crippen LogP contribution in [0.15, 0.2) is 79.3 Å². The maximum Gasteiger partial charge on any atom is 0.255 e. The molecule has 2 aromatic heterocycles. The number of aromatic nitrogens is 5. The van der Waals surface area contributed by atoms with Gasteiger partial charge in [0.1, 0.15) is 29.7 Å². The third kappa shape index (κ3) is 16.2. The van der Waals surface area contributed by atoms with Gasteiger partial charge >= 0.3 is 0 Å².